The van der Waals surface area contributed by atoms with Crippen molar-refractivity contribution in [2.75, 3.05) is 18.0 Å². The molecule has 0 spiro atoms. The Bertz CT molecular complexity index is 523. The Labute approximate surface area is 118 Å². The first-order chi connectivity index (χ1) is 9.40. The molecule has 0 bridgehead atoms. The van der Waals surface area contributed by atoms with Gasteiger partial charge in [-0.25, -0.2) is 0 Å². The zero-order chi connectivity index (χ0) is 15.3. The fourth-order valence-corrected chi connectivity index (χ4v) is 1.98. The maximum absolute atomic E-state index is 11.2. The summed E-state index contributed by atoms with van der Waals surface area (Å²) < 4.78 is 0. The third-order valence-corrected chi connectivity index (χ3v) is 3.12. The molecule has 1 aromatic carbocycles. The quantitative estimate of drug-likeness (QED) is 0.637. The molecule has 1 aromatic rings. The molecular weight excluding hydrogens is 258 g/mol. The molecule has 1 rings (SSSR count). The molecular formula is C14H19N3O3. The normalized spacial score (nSPS) is 13.3. The van der Waals surface area contributed by atoms with Gasteiger partial charge in [-0.05, 0) is 32.4 Å². The maximum atomic E-state index is 11.2. The van der Waals surface area contributed by atoms with Gasteiger partial charge in [0.2, 0.25) is 0 Å². The van der Waals surface area contributed by atoms with Crippen LogP contribution < -0.4 is 4.90 Å². The van der Waals surface area contributed by atoms with Gasteiger partial charge in [0.1, 0.15) is 5.69 Å². The molecule has 20 heavy (non-hydrogen) atoms. The second kappa shape index (κ2) is 6.87. The number of nitro benzene ring substituents is 1. The Morgan fingerprint density at radius 1 is 1.50 bits per heavy atom. The van der Waals surface area contributed by atoms with E-state index in [1.807, 2.05) is 6.92 Å². The van der Waals surface area contributed by atoms with Crippen molar-refractivity contribution in [1.82, 2.24) is 0 Å². The van der Waals surface area contributed by atoms with Crippen molar-refractivity contribution in [1.29, 1.82) is 5.26 Å². The van der Waals surface area contributed by atoms with Crippen LogP contribution in [0.4, 0.5) is 11.4 Å². The highest BCUT2D eigenvalue weighted by Gasteiger charge is 2.21. The van der Waals surface area contributed by atoms with Gasteiger partial charge >= 0.3 is 0 Å². The number of nitriles is 1. The predicted molar refractivity (Wildman–Crippen MR) is 76.4 cm³/mol. The molecule has 6 nitrogen and oxygen atoms in total. The largest absolute Gasteiger partial charge is 0.389 e. The summed E-state index contributed by atoms with van der Waals surface area (Å²) in [6.07, 6.45) is -0.754. The lowest BCUT2D eigenvalue weighted by Gasteiger charge is -2.24. The van der Waals surface area contributed by atoms with E-state index in [-0.39, 0.29) is 11.6 Å². The lowest BCUT2D eigenvalue weighted by Crippen LogP contribution is -2.28. The van der Waals surface area contributed by atoms with E-state index < -0.39 is 11.0 Å². The zero-order valence-corrected chi connectivity index (χ0v) is 11.9. The fraction of sp³-hybridized carbons (Fsp3) is 0.500. The highest BCUT2D eigenvalue weighted by atomic mass is 16.6. The van der Waals surface area contributed by atoms with Crippen molar-refractivity contribution < 1.29 is 10.0 Å². The number of anilines is 1. The van der Waals surface area contributed by atoms with Gasteiger partial charge in [0.15, 0.2) is 0 Å². The molecule has 0 fully saturated rings. The number of aliphatic hydroxyl groups excluding tert-OH is 1. The summed E-state index contributed by atoms with van der Waals surface area (Å²) in [6, 6.07) is 6.82. The molecule has 1 N–H and O–H groups in total. The minimum atomic E-state index is -0.754. The SMILES string of the molecule is CCN(CC(C)C#N)c1ccc([C@@H](C)O)cc1[N+](=O)[O-]. The van der Waals surface area contributed by atoms with E-state index in [0.29, 0.717) is 24.3 Å². The third-order valence-electron chi connectivity index (χ3n) is 3.12. The first-order valence-electron chi connectivity index (χ1n) is 6.51. The molecule has 6 heteroatoms. The van der Waals surface area contributed by atoms with E-state index >= 15 is 0 Å². The number of hydrogen-bond donors (Lipinski definition) is 1. The highest BCUT2D eigenvalue weighted by Crippen LogP contribution is 2.31. The van der Waals surface area contributed by atoms with E-state index in [1.54, 1.807) is 30.9 Å². The number of nitro groups is 1. The van der Waals surface area contributed by atoms with E-state index in [0.717, 1.165) is 0 Å². The van der Waals surface area contributed by atoms with Gasteiger partial charge < -0.3 is 10.0 Å². The number of nitrogens with zero attached hydrogens (tertiary/aromatic N) is 3. The van der Waals surface area contributed by atoms with E-state index in [2.05, 4.69) is 6.07 Å². The average molecular weight is 277 g/mol. The summed E-state index contributed by atoms with van der Waals surface area (Å²) >= 11 is 0. The van der Waals surface area contributed by atoms with Crippen LogP contribution in [-0.4, -0.2) is 23.1 Å². The number of benzene rings is 1. The molecule has 0 saturated carbocycles. The van der Waals surface area contributed by atoms with Gasteiger partial charge in [-0.3, -0.25) is 10.1 Å². The fourth-order valence-electron chi connectivity index (χ4n) is 1.98. The smallest absolute Gasteiger partial charge is 0.292 e. The van der Waals surface area contributed by atoms with Crippen molar-refractivity contribution in [2.45, 2.75) is 26.9 Å². The Morgan fingerprint density at radius 2 is 2.15 bits per heavy atom. The van der Waals surface area contributed by atoms with Gasteiger partial charge in [0.25, 0.3) is 5.69 Å². The molecule has 0 saturated heterocycles. The molecule has 0 amide bonds. The van der Waals surface area contributed by atoms with Crippen LogP contribution in [-0.2, 0) is 0 Å². The van der Waals surface area contributed by atoms with Gasteiger partial charge in [0.05, 0.1) is 23.0 Å². The molecule has 0 heterocycles. The lowest BCUT2D eigenvalue weighted by atomic mass is 10.1. The van der Waals surface area contributed by atoms with Crippen LogP contribution in [0.15, 0.2) is 18.2 Å². The van der Waals surface area contributed by atoms with E-state index in [9.17, 15) is 15.2 Å². The van der Waals surface area contributed by atoms with E-state index in [1.165, 1.54) is 6.07 Å². The molecule has 1 unspecified atom stereocenters. The lowest BCUT2D eigenvalue weighted by molar-refractivity contribution is -0.384. The minimum Gasteiger partial charge on any atom is -0.389 e. The monoisotopic (exact) mass is 277 g/mol. The van der Waals surface area contributed by atoms with Crippen molar-refractivity contribution >= 4 is 11.4 Å². The van der Waals surface area contributed by atoms with Crippen LogP contribution >= 0.6 is 0 Å². The summed E-state index contributed by atoms with van der Waals surface area (Å²) in [5.41, 5.74) is 0.934. The summed E-state index contributed by atoms with van der Waals surface area (Å²) in [4.78, 5) is 12.6. The van der Waals surface area contributed by atoms with Gasteiger partial charge in [-0.2, -0.15) is 5.26 Å². The number of rotatable bonds is 6. The van der Waals surface area contributed by atoms with Crippen molar-refractivity contribution in [3.63, 3.8) is 0 Å². The summed E-state index contributed by atoms with van der Waals surface area (Å²) in [5, 5.41) is 29.6. The maximum Gasteiger partial charge on any atom is 0.292 e. The summed E-state index contributed by atoms with van der Waals surface area (Å²) in [6.45, 7) is 6.23. The summed E-state index contributed by atoms with van der Waals surface area (Å²) in [7, 11) is 0. The minimum absolute atomic E-state index is 0.0459. The molecule has 0 radical (unpaired) electrons. The Balaban J connectivity index is 3.21. The van der Waals surface area contributed by atoms with Crippen LogP contribution in [0.2, 0.25) is 0 Å². The van der Waals surface area contributed by atoms with Crippen molar-refractivity contribution in [3.8, 4) is 6.07 Å². The molecule has 0 aliphatic carbocycles. The molecule has 0 aromatic heterocycles. The topological polar surface area (TPSA) is 90.4 Å². The Kier molecular flexibility index (Phi) is 5.47. The number of hydrogen-bond acceptors (Lipinski definition) is 5. The Morgan fingerprint density at radius 3 is 2.60 bits per heavy atom. The van der Waals surface area contributed by atoms with Crippen molar-refractivity contribution in [3.05, 3.63) is 33.9 Å². The van der Waals surface area contributed by atoms with Crippen LogP contribution in [0.3, 0.4) is 0 Å². The van der Waals surface area contributed by atoms with Crippen LogP contribution in [0.1, 0.15) is 32.4 Å². The zero-order valence-electron chi connectivity index (χ0n) is 11.9. The number of aliphatic hydroxyl groups is 1. The molecule has 0 aliphatic heterocycles. The van der Waals surface area contributed by atoms with Gasteiger partial charge in [-0.1, -0.05) is 6.07 Å². The Hall–Kier alpha value is -2.13. The standard InChI is InChI=1S/C14H19N3O3/c1-4-16(9-10(2)8-15)13-6-5-12(11(3)18)7-14(13)17(19)20/h5-7,10-11,18H,4,9H2,1-3H3/t10?,11-/m1/s1. The molecule has 108 valence electrons. The second-order valence-corrected chi connectivity index (χ2v) is 4.75. The van der Waals surface area contributed by atoms with Gasteiger partial charge in [0, 0.05) is 19.2 Å². The van der Waals surface area contributed by atoms with E-state index in [4.69, 9.17) is 5.26 Å². The second-order valence-electron chi connectivity index (χ2n) is 4.75. The highest BCUT2D eigenvalue weighted by molar-refractivity contribution is 5.64. The van der Waals surface area contributed by atoms with Gasteiger partial charge in [-0.15, -0.1) is 0 Å². The molecule has 2 atom stereocenters. The van der Waals surface area contributed by atoms with Crippen LogP contribution in [0.25, 0.3) is 0 Å². The third kappa shape index (κ3) is 3.68. The first-order valence-corrected chi connectivity index (χ1v) is 6.51. The average Bonchev–Trinajstić information content (AvgIpc) is 2.43. The molecule has 0 aliphatic rings. The summed E-state index contributed by atoms with van der Waals surface area (Å²) in [5.74, 6) is -0.217. The van der Waals surface area contributed by atoms with Crippen LogP contribution in [0, 0.1) is 27.4 Å². The predicted octanol–water partition coefficient (Wildman–Crippen LogP) is 2.63. The first kappa shape index (κ1) is 15.9. The van der Waals surface area contributed by atoms with Crippen molar-refractivity contribution in [2.24, 2.45) is 5.92 Å². The van der Waals surface area contributed by atoms with Crippen LogP contribution in [0.5, 0.6) is 0 Å².